The molecule has 1 saturated heterocycles. The van der Waals surface area contributed by atoms with Crippen molar-refractivity contribution in [2.45, 2.75) is 136 Å². The third kappa shape index (κ3) is 15.0. The number of methoxy groups -OCH3 is 3. The first-order chi connectivity index (χ1) is 27.3. The summed E-state index contributed by atoms with van der Waals surface area (Å²) in [6.07, 6.45) is 5.05. The van der Waals surface area contributed by atoms with Gasteiger partial charge in [-0.15, -0.1) is 0 Å². The van der Waals surface area contributed by atoms with Crippen molar-refractivity contribution < 1.29 is 57.4 Å². The van der Waals surface area contributed by atoms with Gasteiger partial charge in [-0.1, -0.05) is 94.5 Å². The van der Waals surface area contributed by atoms with Crippen LogP contribution in [0.2, 0.25) is 0 Å². The number of unbranched alkanes of at least 4 members (excludes halogenated alkanes) is 4. The Hall–Kier alpha value is -4.10. The Morgan fingerprint density at radius 2 is 1.56 bits per heavy atom. The Bertz CT molecular complexity index is 1570. The van der Waals surface area contributed by atoms with Crippen LogP contribution in [0.15, 0.2) is 66.2 Å². The first kappa shape index (κ1) is 47.3. The van der Waals surface area contributed by atoms with Gasteiger partial charge < -0.3 is 38.3 Å². The summed E-state index contributed by atoms with van der Waals surface area (Å²) in [5, 5.41) is 9.13. The normalized spacial score (nSPS) is 20.1. The summed E-state index contributed by atoms with van der Waals surface area (Å²) in [7, 11) is 4.39. The molecule has 12 nitrogen and oxygen atoms in total. The van der Waals surface area contributed by atoms with Crippen LogP contribution in [0.25, 0.3) is 0 Å². The first-order valence-electron chi connectivity index (χ1n) is 20.1. The fourth-order valence-corrected chi connectivity index (χ4v) is 7.27. The van der Waals surface area contributed by atoms with E-state index in [4.69, 9.17) is 38.3 Å². The van der Waals surface area contributed by atoms with E-state index in [0.29, 0.717) is 25.0 Å². The van der Waals surface area contributed by atoms with Crippen LogP contribution in [0.3, 0.4) is 0 Å². The molecule has 1 fully saturated rings. The lowest BCUT2D eigenvalue weighted by Gasteiger charge is -2.54. The average molecular weight is 797 g/mol. The number of carboxylic acid groups (broad SMARTS) is 1. The van der Waals surface area contributed by atoms with Crippen molar-refractivity contribution in [1.29, 1.82) is 0 Å². The fourth-order valence-electron chi connectivity index (χ4n) is 7.27. The molecule has 3 rings (SSSR count). The zero-order valence-electron chi connectivity index (χ0n) is 34.9. The standard InChI is InChI=1S/C45H64O12/c1-8-9-10-11-15-18-36(46)27-39-35(26-43(50)52-6)25-38(57-45(39,53-7)44(3,4)31-56-42(49)24-23-41(47)48)28-40(32(2)54-29-33-16-13-12-14-17-33)55-30-34-19-21-37(51-5)22-20-34/h12-14,16-17,19-22,26,32,38-40H,8-11,15,18,23-25,27-31H2,1-7H3,(H,47,48)/t32-,38-,39-,40+,45+/m0/s1. The first-order valence-corrected chi connectivity index (χ1v) is 20.1. The molecular weight excluding hydrogens is 732 g/mol. The van der Waals surface area contributed by atoms with E-state index in [1.54, 1.807) is 7.11 Å². The zero-order valence-corrected chi connectivity index (χ0v) is 34.9. The van der Waals surface area contributed by atoms with E-state index < -0.39 is 53.3 Å². The molecule has 0 unspecified atom stereocenters. The van der Waals surface area contributed by atoms with Gasteiger partial charge in [0.05, 0.1) is 64.0 Å². The number of hydrogen-bond donors (Lipinski definition) is 1. The molecule has 1 aliphatic heterocycles. The molecule has 12 heteroatoms. The van der Waals surface area contributed by atoms with Gasteiger partial charge in [0.15, 0.2) is 5.79 Å². The molecule has 2 aromatic rings. The number of ketones is 1. The molecular formula is C45H64O12. The highest BCUT2D eigenvalue weighted by molar-refractivity contribution is 5.84. The zero-order chi connectivity index (χ0) is 41.8. The topological polar surface area (TPSA) is 153 Å². The molecule has 0 bridgehead atoms. The van der Waals surface area contributed by atoms with E-state index in [0.717, 1.165) is 49.0 Å². The molecule has 0 saturated carbocycles. The summed E-state index contributed by atoms with van der Waals surface area (Å²) >= 11 is 0. The third-order valence-electron chi connectivity index (χ3n) is 10.6. The molecule has 316 valence electrons. The van der Waals surface area contributed by atoms with Crippen molar-refractivity contribution in [3.05, 3.63) is 77.4 Å². The SMILES string of the molecule is CCCCCCCC(=O)C[C@H]1C(=CC(=O)OC)C[C@@H](C[C@@H](OCc2ccc(OC)cc2)[C@H](C)OCc2ccccc2)O[C@@]1(OC)C(C)(C)COC(=O)CCC(=O)O. The summed E-state index contributed by atoms with van der Waals surface area (Å²) in [5.74, 6) is -4.01. The van der Waals surface area contributed by atoms with E-state index in [1.807, 2.05) is 75.4 Å². The minimum Gasteiger partial charge on any atom is -0.497 e. The van der Waals surface area contributed by atoms with Crippen LogP contribution in [0.4, 0.5) is 0 Å². The Kier molecular flexibility index (Phi) is 19.9. The highest BCUT2D eigenvalue weighted by atomic mass is 16.7. The van der Waals surface area contributed by atoms with Gasteiger partial charge in [-0.25, -0.2) is 4.79 Å². The number of carbonyl (C=O) groups excluding carboxylic acids is 3. The number of rotatable bonds is 26. The highest BCUT2D eigenvalue weighted by Crippen LogP contribution is 2.51. The number of benzene rings is 2. The third-order valence-corrected chi connectivity index (χ3v) is 10.6. The minimum atomic E-state index is -1.59. The maximum atomic E-state index is 13.7. The predicted octanol–water partition coefficient (Wildman–Crippen LogP) is 8.18. The van der Waals surface area contributed by atoms with E-state index in [2.05, 4.69) is 6.92 Å². The predicted molar refractivity (Wildman–Crippen MR) is 214 cm³/mol. The van der Waals surface area contributed by atoms with Gasteiger partial charge in [-0.2, -0.15) is 0 Å². The summed E-state index contributed by atoms with van der Waals surface area (Å²) < 4.78 is 42.5. The average Bonchev–Trinajstić information content (AvgIpc) is 3.20. The van der Waals surface area contributed by atoms with Crippen LogP contribution < -0.4 is 4.74 Å². The van der Waals surface area contributed by atoms with Crippen LogP contribution in [0.5, 0.6) is 5.75 Å². The smallest absolute Gasteiger partial charge is 0.330 e. The summed E-state index contributed by atoms with van der Waals surface area (Å²) in [6, 6.07) is 17.4. The molecule has 0 aliphatic carbocycles. The maximum Gasteiger partial charge on any atom is 0.330 e. The van der Waals surface area contributed by atoms with E-state index in [9.17, 15) is 19.2 Å². The molecule has 1 N–H and O–H groups in total. The lowest BCUT2D eigenvalue weighted by Crippen LogP contribution is -2.61. The molecule has 0 aromatic heterocycles. The van der Waals surface area contributed by atoms with Crippen LogP contribution in [-0.4, -0.2) is 80.8 Å². The Morgan fingerprint density at radius 3 is 2.19 bits per heavy atom. The lowest BCUT2D eigenvalue weighted by atomic mass is 9.68. The van der Waals surface area contributed by atoms with Crippen LogP contribution in [0.1, 0.15) is 109 Å². The van der Waals surface area contributed by atoms with Crippen molar-refractivity contribution in [2.75, 3.05) is 27.9 Å². The van der Waals surface area contributed by atoms with Gasteiger partial charge in [0, 0.05) is 38.4 Å². The Labute approximate surface area is 338 Å². The number of Topliss-reactive ketones (excluding diaryl/α,β-unsaturated/α-hetero) is 1. The van der Waals surface area contributed by atoms with E-state index in [-0.39, 0.29) is 44.7 Å². The number of esters is 2. The van der Waals surface area contributed by atoms with E-state index >= 15 is 0 Å². The summed E-state index contributed by atoms with van der Waals surface area (Å²) in [4.78, 5) is 50.6. The Morgan fingerprint density at radius 1 is 0.895 bits per heavy atom. The molecule has 2 aromatic carbocycles. The van der Waals surface area contributed by atoms with Crippen LogP contribution >= 0.6 is 0 Å². The van der Waals surface area contributed by atoms with Crippen molar-refractivity contribution in [3.63, 3.8) is 0 Å². The van der Waals surface area contributed by atoms with Gasteiger partial charge in [-0.05, 0) is 43.0 Å². The highest BCUT2D eigenvalue weighted by Gasteiger charge is 2.58. The largest absolute Gasteiger partial charge is 0.497 e. The van der Waals surface area contributed by atoms with Crippen molar-refractivity contribution in [3.8, 4) is 5.75 Å². The van der Waals surface area contributed by atoms with Crippen molar-refractivity contribution in [2.24, 2.45) is 11.3 Å². The van der Waals surface area contributed by atoms with Gasteiger partial charge in [0.1, 0.15) is 18.1 Å². The molecule has 1 heterocycles. The molecule has 57 heavy (non-hydrogen) atoms. The fraction of sp³-hybridized carbons (Fsp3) is 0.600. The summed E-state index contributed by atoms with van der Waals surface area (Å²) in [6.45, 7) is 8.12. The second-order valence-electron chi connectivity index (χ2n) is 15.4. The number of aliphatic carboxylic acids is 1. The van der Waals surface area contributed by atoms with Gasteiger partial charge in [-0.3, -0.25) is 14.4 Å². The number of carbonyl (C=O) groups is 4. The monoisotopic (exact) mass is 796 g/mol. The molecule has 0 radical (unpaired) electrons. The minimum absolute atomic E-state index is 0.00590. The quantitative estimate of drug-likeness (QED) is 0.0555. The van der Waals surface area contributed by atoms with Crippen molar-refractivity contribution in [1.82, 2.24) is 0 Å². The van der Waals surface area contributed by atoms with Crippen LogP contribution in [0, 0.1) is 11.3 Å². The summed E-state index contributed by atoms with van der Waals surface area (Å²) in [5.41, 5.74) is 1.43. The van der Waals surface area contributed by atoms with E-state index in [1.165, 1.54) is 20.3 Å². The molecule has 1 aliphatic rings. The second-order valence-corrected chi connectivity index (χ2v) is 15.4. The second kappa shape index (κ2) is 24.0. The molecule has 5 atom stereocenters. The number of hydrogen-bond acceptors (Lipinski definition) is 11. The number of carboxylic acids is 1. The molecule has 0 amide bonds. The lowest BCUT2D eigenvalue weighted by molar-refractivity contribution is -0.341. The van der Waals surface area contributed by atoms with Gasteiger partial charge in [0.25, 0.3) is 0 Å². The number of ether oxygens (including phenoxy) is 7. The maximum absolute atomic E-state index is 13.7. The van der Waals surface area contributed by atoms with Gasteiger partial charge in [0.2, 0.25) is 0 Å². The van der Waals surface area contributed by atoms with Gasteiger partial charge >= 0.3 is 17.9 Å². The Balaban J connectivity index is 2.02. The van der Waals surface area contributed by atoms with Crippen LogP contribution in [-0.2, 0) is 60.8 Å². The van der Waals surface area contributed by atoms with Crippen molar-refractivity contribution >= 4 is 23.7 Å². The molecule has 0 spiro atoms.